The van der Waals surface area contributed by atoms with E-state index < -0.39 is 0 Å². The standard InChI is InChI=1S/C17H28N4O2/c1-12-6-20(7-13(2)23-12)8-15-9-21(10-16(15)11-22)17-14(3)18-4-5-19-17/h4-5,12-13,15-16,22H,6-11H2,1-3H3. The molecule has 2 aliphatic rings. The first-order valence-corrected chi connectivity index (χ1v) is 8.58. The molecule has 0 aliphatic carbocycles. The predicted octanol–water partition coefficient (Wildman–Crippen LogP) is 0.939. The molecule has 0 amide bonds. The molecule has 128 valence electrons. The van der Waals surface area contributed by atoms with Gasteiger partial charge in [0, 0.05) is 57.6 Å². The van der Waals surface area contributed by atoms with Crippen molar-refractivity contribution >= 4 is 5.82 Å². The Morgan fingerprint density at radius 3 is 2.39 bits per heavy atom. The Labute approximate surface area is 138 Å². The van der Waals surface area contributed by atoms with Gasteiger partial charge < -0.3 is 14.7 Å². The van der Waals surface area contributed by atoms with Crippen molar-refractivity contribution in [2.24, 2.45) is 11.8 Å². The van der Waals surface area contributed by atoms with E-state index in [1.807, 2.05) is 6.92 Å². The summed E-state index contributed by atoms with van der Waals surface area (Å²) in [6.45, 7) is 11.3. The molecule has 6 nitrogen and oxygen atoms in total. The fourth-order valence-corrected chi connectivity index (χ4v) is 4.00. The smallest absolute Gasteiger partial charge is 0.150 e. The minimum absolute atomic E-state index is 0.232. The van der Waals surface area contributed by atoms with Crippen LogP contribution in [-0.2, 0) is 4.74 Å². The Balaban J connectivity index is 1.66. The van der Waals surface area contributed by atoms with Crippen LogP contribution in [0.1, 0.15) is 19.5 Å². The number of aliphatic hydroxyl groups is 1. The van der Waals surface area contributed by atoms with Gasteiger partial charge in [-0.05, 0) is 26.7 Å². The second-order valence-electron chi connectivity index (χ2n) is 7.05. The van der Waals surface area contributed by atoms with Gasteiger partial charge >= 0.3 is 0 Å². The van der Waals surface area contributed by atoms with Crippen LogP contribution < -0.4 is 4.90 Å². The van der Waals surface area contributed by atoms with Gasteiger partial charge in [-0.15, -0.1) is 0 Å². The lowest BCUT2D eigenvalue weighted by Gasteiger charge is -2.37. The van der Waals surface area contributed by atoms with E-state index in [0.717, 1.165) is 44.2 Å². The molecule has 4 atom stereocenters. The van der Waals surface area contributed by atoms with Gasteiger partial charge in [-0.1, -0.05) is 0 Å². The maximum atomic E-state index is 9.80. The van der Waals surface area contributed by atoms with E-state index in [1.165, 1.54) is 0 Å². The molecule has 23 heavy (non-hydrogen) atoms. The summed E-state index contributed by atoms with van der Waals surface area (Å²) in [7, 11) is 0. The molecule has 3 rings (SSSR count). The van der Waals surface area contributed by atoms with Gasteiger partial charge in [0.1, 0.15) is 5.82 Å². The molecule has 2 aliphatic heterocycles. The van der Waals surface area contributed by atoms with Gasteiger partial charge in [0.2, 0.25) is 0 Å². The number of ether oxygens (including phenoxy) is 1. The zero-order chi connectivity index (χ0) is 16.4. The Morgan fingerprint density at radius 2 is 1.74 bits per heavy atom. The van der Waals surface area contributed by atoms with Crippen LogP contribution in [0.4, 0.5) is 5.82 Å². The van der Waals surface area contributed by atoms with E-state index in [2.05, 4.69) is 33.6 Å². The van der Waals surface area contributed by atoms with Crippen LogP contribution in [0.5, 0.6) is 0 Å². The minimum Gasteiger partial charge on any atom is -0.396 e. The molecule has 0 spiro atoms. The van der Waals surface area contributed by atoms with Crippen LogP contribution in [-0.4, -0.2) is 71.5 Å². The number of aryl methyl sites for hydroxylation is 1. The average Bonchev–Trinajstić information content (AvgIpc) is 2.89. The van der Waals surface area contributed by atoms with Crippen LogP contribution in [0.25, 0.3) is 0 Å². The molecule has 4 unspecified atom stereocenters. The third kappa shape index (κ3) is 3.82. The van der Waals surface area contributed by atoms with Gasteiger partial charge in [0.25, 0.3) is 0 Å². The zero-order valence-corrected chi connectivity index (χ0v) is 14.4. The minimum atomic E-state index is 0.232. The van der Waals surface area contributed by atoms with Crippen molar-refractivity contribution in [2.45, 2.75) is 33.0 Å². The normalized spacial score (nSPS) is 32.4. The van der Waals surface area contributed by atoms with Gasteiger partial charge in [0.15, 0.2) is 0 Å². The Kier molecular flexibility index (Phi) is 5.14. The van der Waals surface area contributed by atoms with Gasteiger partial charge in [-0.25, -0.2) is 4.98 Å². The van der Waals surface area contributed by atoms with Gasteiger partial charge in [-0.3, -0.25) is 9.88 Å². The number of morpholine rings is 1. The molecule has 6 heteroatoms. The maximum absolute atomic E-state index is 9.80. The number of hydrogen-bond acceptors (Lipinski definition) is 6. The highest BCUT2D eigenvalue weighted by Gasteiger charge is 2.36. The van der Waals surface area contributed by atoms with E-state index in [4.69, 9.17) is 4.74 Å². The van der Waals surface area contributed by atoms with Gasteiger partial charge in [-0.2, -0.15) is 0 Å². The summed E-state index contributed by atoms with van der Waals surface area (Å²) in [4.78, 5) is 13.6. The molecule has 2 saturated heterocycles. The second kappa shape index (κ2) is 7.11. The lowest BCUT2D eigenvalue weighted by molar-refractivity contribution is -0.0725. The monoisotopic (exact) mass is 320 g/mol. The molecular weight excluding hydrogens is 292 g/mol. The van der Waals surface area contributed by atoms with Crippen molar-refractivity contribution < 1.29 is 9.84 Å². The lowest BCUT2D eigenvalue weighted by atomic mass is 9.96. The van der Waals surface area contributed by atoms with Crippen molar-refractivity contribution in [3.8, 4) is 0 Å². The van der Waals surface area contributed by atoms with Gasteiger partial charge in [0.05, 0.1) is 17.9 Å². The summed E-state index contributed by atoms with van der Waals surface area (Å²) in [6, 6.07) is 0. The molecule has 1 aromatic rings. The number of nitrogens with zero attached hydrogens (tertiary/aromatic N) is 4. The summed E-state index contributed by atoms with van der Waals surface area (Å²) in [5.74, 6) is 1.71. The summed E-state index contributed by atoms with van der Waals surface area (Å²) in [6.07, 6.45) is 4.04. The first-order valence-electron chi connectivity index (χ1n) is 8.58. The second-order valence-corrected chi connectivity index (χ2v) is 7.05. The van der Waals surface area contributed by atoms with Crippen LogP contribution in [0.15, 0.2) is 12.4 Å². The highest BCUT2D eigenvalue weighted by Crippen LogP contribution is 2.29. The first kappa shape index (κ1) is 16.6. The van der Waals surface area contributed by atoms with Crippen molar-refractivity contribution in [2.75, 3.05) is 44.2 Å². The van der Waals surface area contributed by atoms with E-state index >= 15 is 0 Å². The number of aliphatic hydroxyl groups excluding tert-OH is 1. The fraction of sp³-hybridized carbons (Fsp3) is 0.765. The molecule has 0 radical (unpaired) electrons. The van der Waals surface area contributed by atoms with Crippen molar-refractivity contribution in [3.05, 3.63) is 18.1 Å². The zero-order valence-electron chi connectivity index (χ0n) is 14.4. The van der Waals surface area contributed by atoms with E-state index in [0.29, 0.717) is 11.8 Å². The summed E-state index contributed by atoms with van der Waals surface area (Å²) < 4.78 is 5.82. The molecule has 3 heterocycles. The molecule has 1 N–H and O–H groups in total. The molecule has 1 aromatic heterocycles. The molecule has 0 aromatic carbocycles. The molecule has 2 fully saturated rings. The first-order chi connectivity index (χ1) is 11.1. The maximum Gasteiger partial charge on any atom is 0.150 e. The molecule has 0 saturated carbocycles. The number of hydrogen-bond donors (Lipinski definition) is 1. The van der Waals surface area contributed by atoms with Crippen LogP contribution in [0.2, 0.25) is 0 Å². The topological polar surface area (TPSA) is 61.7 Å². The third-order valence-corrected chi connectivity index (χ3v) is 4.95. The predicted molar refractivity (Wildman–Crippen MR) is 89.5 cm³/mol. The van der Waals surface area contributed by atoms with Crippen LogP contribution >= 0.6 is 0 Å². The highest BCUT2D eigenvalue weighted by atomic mass is 16.5. The SMILES string of the molecule is Cc1nccnc1N1CC(CO)C(CN2CC(C)OC(C)C2)C1. The van der Waals surface area contributed by atoms with Crippen molar-refractivity contribution in [3.63, 3.8) is 0 Å². The average molecular weight is 320 g/mol. The Bertz CT molecular complexity index is 517. The third-order valence-electron chi connectivity index (χ3n) is 4.95. The molecular formula is C17H28N4O2. The van der Waals surface area contributed by atoms with Crippen LogP contribution in [0.3, 0.4) is 0 Å². The summed E-state index contributed by atoms with van der Waals surface area (Å²) in [5, 5.41) is 9.80. The van der Waals surface area contributed by atoms with Crippen LogP contribution in [0, 0.1) is 18.8 Å². The lowest BCUT2D eigenvalue weighted by Crippen LogP contribution is -2.48. The summed E-state index contributed by atoms with van der Waals surface area (Å²) >= 11 is 0. The van der Waals surface area contributed by atoms with E-state index in [1.54, 1.807) is 12.4 Å². The number of aromatic nitrogens is 2. The fourth-order valence-electron chi connectivity index (χ4n) is 4.00. The van der Waals surface area contributed by atoms with E-state index in [-0.39, 0.29) is 18.8 Å². The number of rotatable bonds is 4. The summed E-state index contributed by atoms with van der Waals surface area (Å²) in [5.41, 5.74) is 0.957. The Morgan fingerprint density at radius 1 is 1.09 bits per heavy atom. The largest absolute Gasteiger partial charge is 0.396 e. The molecule has 0 bridgehead atoms. The van der Waals surface area contributed by atoms with Crippen molar-refractivity contribution in [1.82, 2.24) is 14.9 Å². The Hall–Kier alpha value is -1.24. The van der Waals surface area contributed by atoms with E-state index in [9.17, 15) is 5.11 Å². The quantitative estimate of drug-likeness (QED) is 0.891. The number of anilines is 1. The van der Waals surface area contributed by atoms with Crippen molar-refractivity contribution in [1.29, 1.82) is 0 Å². The highest BCUT2D eigenvalue weighted by molar-refractivity contribution is 5.43.